The molecule has 1 saturated carbocycles. The summed E-state index contributed by atoms with van der Waals surface area (Å²) in [5.74, 6) is 0.400. The number of nitrogens with one attached hydrogen (secondary N) is 1. The van der Waals surface area contributed by atoms with Crippen LogP contribution in [0.15, 0.2) is 54.6 Å². The minimum Gasteiger partial charge on any atom is -0.386 e. The summed E-state index contributed by atoms with van der Waals surface area (Å²) < 4.78 is 5.39. The molecule has 0 spiro atoms. The predicted octanol–water partition coefficient (Wildman–Crippen LogP) is 2.54. The van der Waals surface area contributed by atoms with E-state index < -0.39 is 6.10 Å². The van der Waals surface area contributed by atoms with Gasteiger partial charge in [0.05, 0.1) is 19.1 Å². The third-order valence-electron chi connectivity index (χ3n) is 5.49. The molecule has 2 atom stereocenters. The molecule has 1 heterocycles. The van der Waals surface area contributed by atoms with Gasteiger partial charge < -0.3 is 20.1 Å². The summed E-state index contributed by atoms with van der Waals surface area (Å²) in [4.78, 5) is 26.3. The van der Waals surface area contributed by atoms with Crippen LogP contribution >= 0.6 is 0 Å². The Morgan fingerprint density at radius 2 is 1.86 bits per heavy atom. The van der Waals surface area contributed by atoms with Crippen LogP contribution in [0.2, 0.25) is 0 Å². The van der Waals surface area contributed by atoms with Crippen LogP contribution in [-0.2, 0) is 20.7 Å². The molecule has 2 aliphatic rings. The number of morpholine rings is 1. The molecule has 6 heteroatoms. The fraction of sp³-hybridized carbons (Fsp3) is 0.391. The van der Waals surface area contributed by atoms with Crippen molar-refractivity contribution in [2.45, 2.75) is 31.4 Å². The molecule has 2 N–H and O–H groups in total. The second-order valence-corrected chi connectivity index (χ2v) is 7.85. The topological polar surface area (TPSA) is 78.9 Å². The van der Waals surface area contributed by atoms with Crippen molar-refractivity contribution < 1.29 is 19.4 Å². The Morgan fingerprint density at radius 3 is 2.55 bits per heavy atom. The Bertz CT molecular complexity index is 849. The lowest BCUT2D eigenvalue weighted by atomic mass is 9.99. The molecule has 1 aliphatic heterocycles. The number of aliphatic hydroxyl groups excluding tert-OH is 1. The molecular formula is C23H26N2O4. The Labute approximate surface area is 170 Å². The average molecular weight is 394 g/mol. The number of ether oxygens (including phenoxy) is 1. The maximum Gasteiger partial charge on any atom is 0.249 e. The Kier molecular flexibility index (Phi) is 5.92. The van der Waals surface area contributed by atoms with Crippen LogP contribution in [0.25, 0.3) is 0 Å². The van der Waals surface area contributed by atoms with Gasteiger partial charge in [0.1, 0.15) is 12.7 Å². The quantitative estimate of drug-likeness (QED) is 0.757. The van der Waals surface area contributed by atoms with E-state index in [9.17, 15) is 14.7 Å². The Hall–Kier alpha value is -2.70. The van der Waals surface area contributed by atoms with Gasteiger partial charge >= 0.3 is 0 Å². The number of amides is 2. The summed E-state index contributed by atoms with van der Waals surface area (Å²) in [7, 11) is 0. The smallest absolute Gasteiger partial charge is 0.249 e. The average Bonchev–Trinajstić information content (AvgIpc) is 3.54. The fourth-order valence-electron chi connectivity index (χ4n) is 3.67. The van der Waals surface area contributed by atoms with Crippen LogP contribution in [0, 0.1) is 5.92 Å². The van der Waals surface area contributed by atoms with Crippen molar-refractivity contribution >= 4 is 17.5 Å². The minimum absolute atomic E-state index is 0.0583. The molecule has 2 unspecified atom stereocenters. The summed E-state index contributed by atoms with van der Waals surface area (Å²) >= 11 is 0. The number of aliphatic hydroxyl groups is 1. The maximum absolute atomic E-state index is 12.3. The molecule has 1 saturated heterocycles. The number of anilines is 1. The highest BCUT2D eigenvalue weighted by Gasteiger charge is 2.37. The van der Waals surface area contributed by atoms with Gasteiger partial charge in [-0.1, -0.05) is 42.5 Å². The summed E-state index contributed by atoms with van der Waals surface area (Å²) in [6, 6.07) is 16.3. The lowest BCUT2D eigenvalue weighted by molar-refractivity contribution is -0.154. The van der Waals surface area contributed by atoms with Gasteiger partial charge in [-0.15, -0.1) is 0 Å². The molecule has 2 aromatic carbocycles. The Morgan fingerprint density at radius 1 is 1.14 bits per heavy atom. The van der Waals surface area contributed by atoms with Crippen LogP contribution in [-0.4, -0.2) is 47.6 Å². The number of benzene rings is 2. The number of carbonyl (C=O) groups excluding carboxylic acids is 2. The second kappa shape index (κ2) is 8.76. The van der Waals surface area contributed by atoms with Gasteiger partial charge in [-0.3, -0.25) is 9.59 Å². The lowest BCUT2D eigenvalue weighted by Crippen LogP contribution is -2.52. The van der Waals surface area contributed by atoms with E-state index in [0.29, 0.717) is 36.7 Å². The Balaban J connectivity index is 1.38. The standard InChI is InChI=1S/C23H26N2O4/c26-21(12-16-4-2-1-3-5-16)24-19-10-8-18(9-11-19)23(28)20-14-29-15-22(27)25(20)13-17-6-7-17/h1-5,8-11,17,20,23,28H,6-7,12-15H2,(H,24,26). The zero-order valence-corrected chi connectivity index (χ0v) is 16.3. The van der Waals surface area contributed by atoms with Crippen LogP contribution in [0.1, 0.15) is 30.1 Å². The second-order valence-electron chi connectivity index (χ2n) is 7.85. The highest BCUT2D eigenvalue weighted by Crippen LogP contribution is 2.33. The highest BCUT2D eigenvalue weighted by atomic mass is 16.5. The molecule has 29 heavy (non-hydrogen) atoms. The van der Waals surface area contributed by atoms with Crippen molar-refractivity contribution in [3.05, 3.63) is 65.7 Å². The van der Waals surface area contributed by atoms with Gasteiger partial charge in [0.15, 0.2) is 0 Å². The van der Waals surface area contributed by atoms with E-state index in [1.165, 1.54) is 0 Å². The summed E-state index contributed by atoms with van der Waals surface area (Å²) in [6.45, 7) is 1.11. The summed E-state index contributed by atoms with van der Waals surface area (Å²) in [6.07, 6.45) is 1.77. The van der Waals surface area contributed by atoms with Gasteiger partial charge in [0, 0.05) is 12.2 Å². The van der Waals surface area contributed by atoms with Crippen molar-refractivity contribution in [1.29, 1.82) is 0 Å². The van der Waals surface area contributed by atoms with E-state index in [1.807, 2.05) is 30.3 Å². The summed E-state index contributed by atoms with van der Waals surface area (Å²) in [5, 5.41) is 13.7. The monoisotopic (exact) mass is 394 g/mol. The SMILES string of the molecule is O=C(Cc1ccccc1)Nc1ccc(C(O)C2COCC(=O)N2CC2CC2)cc1. The first-order valence-corrected chi connectivity index (χ1v) is 10.1. The summed E-state index contributed by atoms with van der Waals surface area (Å²) in [5.41, 5.74) is 2.33. The zero-order chi connectivity index (χ0) is 20.2. The largest absolute Gasteiger partial charge is 0.386 e. The first-order chi connectivity index (χ1) is 14.1. The van der Waals surface area contributed by atoms with Crippen LogP contribution < -0.4 is 5.32 Å². The predicted molar refractivity (Wildman–Crippen MR) is 109 cm³/mol. The molecule has 4 rings (SSSR count). The number of hydrogen-bond donors (Lipinski definition) is 2. The number of hydrogen-bond acceptors (Lipinski definition) is 4. The lowest BCUT2D eigenvalue weighted by Gasteiger charge is -2.38. The normalized spacial score (nSPS) is 20.4. The molecule has 1 aliphatic carbocycles. The maximum atomic E-state index is 12.3. The van der Waals surface area contributed by atoms with Gasteiger partial charge in [0.25, 0.3) is 0 Å². The van der Waals surface area contributed by atoms with Crippen molar-refractivity contribution in [2.75, 3.05) is 25.1 Å². The molecule has 6 nitrogen and oxygen atoms in total. The zero-order valence-electron chi connectivity index (χ0n) is 16.3. The number of nitrogens with zero attached hydrogens (tertiary/aromatic N) is 1. The first kappa shape index (κ1) is 19.6. The van der Waals surface area contributed by atoms with Gasteiger partial charge in [-0.25, -0.2) is 0 Å². The van der Waals surface area contributed by atoms with Gasteiger partial charge in [-0.2, -0.15) is 0 Å². The van der Waals surface area contributed by atoms with E-state index in [0.717, 1.165) is 18.4 Å². The van der Waals surface area contributed by atoms with E-state index in [4.69, 9.17) is 4.74 Å². The molecular weight excluding hydrogens is 368 g/mol. The molecule has 2 amide bonds. The molecule has 2 fully saturated rings. The van der Waals surface area contributed by atoms with Gasteiger partial charge in [0.2, 0.25) is 11.8 Å². The van der Waals surface area contributed by atoms with Gasteiger partial charge in [-0.05, 0) is 42.0 Å². The van der Waals surface area contributed by atoms with E-state index >= 15 is 0 Å². The van der Waals surface area contributed by atoms with Crippen LogP contribution in [0.5, 0.6) is 0 Å². The van der Waals surface area contributed by atoms with Crippen LogP contribution in [0.3, 0.4) is 0 Å². The molecule has 0 bridgehead atoms. The van der Waals surface area contributed by atoms with Crippen molar-refractivity contribution in [1.82, 2.24) is 4.90 Å². The van der Waals surface area contributed by atoms with Crippen molar-refractivity contribution in [3.8, 4) is 0 Å². The first-order valence-electron chi connectivity index (χ1n) is 10.1. The van der Waals surface area contributed by atoms with Crippen LogP contribution in [0.4, 0.5) is 5.69 Å². The van der Waals surface area contributed by atoms with E-state index in [-0.39, 0.29) is 24.5 Å². The fourth-order valence-corrected chi connectivity index (χ4v) is 3.67. The minimum atomic E-state index is -0.827. The third kappa shape index (κ3) is 5.02. The molecule has 0 aromatic heterocycles. The molecule has 0 radical (unpaired) electrons. The van der Waals surface area contributed by atoms with E-state index in [1.54, 1.807) is 29.2 Å². The number of carbonyl (C=O) groups is 2. The third-order valence-corrected chi connectivity index (χ3v) is 5.49. The molecule has 2 aromatic rings. The highest BCUT2D eigenvalue weighted by molar-refractivity contribution is 5.92. The van der Waals surface area contributed by atoms with Crippen molar-refractivity contribution in [3.63, 3.8) is 0 Å². The van der Waals surface area contributed by atoms with Crippen molar-refractivity contribution in [2.24, 2.45) is 5.92 Å². The molecule has 152 valence electrons. The van der Waals surface area contributed by atoms with E-state index in [2.05, 4.69) is 5.32 Å². The number of rotatable bonds is 7.